The molecule has 0 amide bonds. The van der Waals surface area contributed by atoms with Gasteiger partial charge in [0.05, 0.1) is 9.79 Å². The van der Waals surface area contributed by atoms with Gasteiger partial charge in [-0.1, -0.05) is 63.1 Å². The van der Waals surface area contributed by atoms with Gasteiger partial charge in [-0.3, -0.25) is 0 Å². The lowest BCUT2D eigenvalue weighted by atomic mass is 10.2. The standard InChI is InChI=1S/C20H17BrO2S2/c1-14-3-7-17(8-4-14)24-18-11-16(21)12-20(13-18)25(22,23)19-9-5-15(2)6-10-19/h3-13H,1-2H3. The lowest BCUT2D eigenvalue weighted by molar-refractivity contribution is 0.596. The Morgan fingerprint density at radius 2 is 1.28 bits per heavy atom. The molecule has 0 aliphatic carbocycles. The molecular weight excluding hydrogens is 416 g/mol. The third kappa shape index (κ3) is 4.35. The van der Waals surface area contributed by atoms with Gasteiger partial charge in [-0.2, -0.15) is 0 Å². The maximum absolute atomic E-state index is 12.9. The van der Waals surface area contributed by atoms with Crippen LogP contribution in [0.15, 0.2) is 90.8 Å². The van der Waals surface area contributed by atoms with Crippen LogP contribution < -0.4 is 0 Å². The van der Waals surface area contributed by atoms with Crippen LogP contribution in [-0.2, 0) is 9.84 Å². The lowest BCUT2D eigenvalue weighted by Gasteiger charge is -2.09. The maximum atomic E-state index is 12.9. The van der Waals surface area contributed by atoms with Crippen LogP contribution in [-0.4, -0.2) is 8.42 Å². The van der Waals surface area contributed by atoms with E-state index in [1.165, 1.54) is 5.56 Å². The van der Waals surface area contributed by atoms with Crippen molar-refractivity contribution in [3.05, 3.63) is 82.3 Å². The molecule has 0 saturated heterocycles. The van der Waals surface area contributed by atoms with Crippen molar-refractivity contribution in [3.63, 3.8) is 0 Å². The molecule has 0 unspecified atom stereocenters. The number of sulfone groups is 1. The summed E-state index contributed by atoms with van der Waals surface area (Å²) in [5.41, 5.74) is 2.23. The Balaban J connectivity index is 1.98. The summed E-state index contributed by atoms with van der Waals surface area (Å²) in [6, 6.07) is 20.4. The highest BCUT2D eigenvalue weighted by Gasteiger charge is 2.19. The van der Waals surface area contributed by atoms with Crippen molar-refractivity contribution in [2.75, 3.05) is 0 Å². The summed E-state index contributed by atoms with van der Waals surface area (Å²) in [4.78, 5) is 2.55. The summed E-state index contributed by atoms with van der Waals surface area (Å²) in [6.45, 7) is 3.98. The van der Waals surface area contributed by atoms with Crippen molar-refractivity contribution in [2.24, 2.45) is 0 Å². The van der Waals surface area contributed by atoms with Gasteiger partial charge in [0.2, 0.25) is 9.84 Å². The molecule has 0 aliphatic heterocycles. The highest BCUT2D eigenvalue weighted by atomic mass is 79.9. The summed E-state index contributed by atoms with van der Waals surface area (Å²) >= 11 is 4.98. The SMILES string of the molecule is Cc1ccc(Sc2cc(Br)cc(S(=O)(=O)c3ccc(C)cc3)c2)cc1. The van der Waals surface area contributed by atoms with E-state index in [4.69, 9.17) is 0 Å². The largest absolute Gasteiger partial charge is 0.219 e. The zero-order valence-electron chi connectivity index (χ0n) is 13.9. The second kappa shape index (κ2) is 7.36. The fourth-order valence-electron chi connectivity index (χ4n) is 2.35. The van der Waals surface area contributed by atoms with Crippen molar-refractivity contribution in [1.82, 2.24) is 0 Å². The fraction of sp³-hybridized carbons (Fsp3) is 0.100. The molecule has 3 aromatic carbocycles. The average Bonchev–Trinajstić information content (AvgIpc) is 2.57. The quantitative estimate of drug-likeness (QED) is 0.502. The van der Waals surface area contributed by atoms with E-state index >= 15 is 0 Å². The Bertz CT molecular complexity index is 993. The van der Waals surface area contributed by atoms with Crippen LogP contribution in [0.5, 0.6) is 0 Å². The average molecular weight is 433 g/mol. The van der Waals surface area contributed by atoms with Crippen molar-refractivity contribution >= 4 is 37.5 Å². The Hall–Kier alpha value is -1.56. The third-order valence-electron chi connectivity index (χ3n) is 3.74. The van der Waals surface area contributed by atoms with Crippen LogP contribution in [0.1, 0.15) is 11.1 Å². The number of benzene rings is 3. The van der Waals surface area contributed by atoms with E-state index in [-0.39, 0.29) is 0 Å². The van der Waals surface area contributed by atoms with Gasteiger partial charge in [0.25, 0.3) is 0 Å². The van der Waals surface area contributed by atoms with Gasteiger partial charge in [0.15, 0.2) is 0 Å². The molecule has 0 heterocycles. The van der Waals surface area contributed by atoms with Gasteiger partial charge in [0, 0.05) is 14.3 Å². The molecule has 0 N–H and O–H groups in total. The van der Waals surface area contributed by atoms with Gasteiger partial charge in [0.1, 0.15) is 0 Å². The molecule has 0 aliphatic rings. The number of rotatable bonds is 4. The molecule has 5 heteroatoms. The van der Waals surface area contributed by atoms with E-state index in [0.717, 1.165) is 19.8 Å². The van der Waals surface area contributed by atoms with Crippen LogP contribution in [0, 0.1) is 13.8 Å². The van der Waals surface area contributed by atoms with Crippen molar-refractivity contribution in [1.29, 1.82) is 0 Å². The van der Waals surface area contributed by atoms with Gasteiger partial charge >= 0.3 is 0 Å². The molecular formula is C20H17BrO2S2. The highest BCUT2D eigenvalue weighted by Crippen LogP contribution is 2.33. The van der Waals surface area contributed by atoms with Crippen LogP contribution in [0.3, 0.4) is 0 Å². The molecule has 0 fully saturated rings. The molecule has 0 radical (unpaired) electrons. The van der Waals surface area contributed by atoms with Gasteiger partial charge in [-0.15, -0.1) is 0 Å². The Labute approximate surface area is 161 Å². The molecule has 0 spiro atoms. The van der Waals surface area contributed by atoms with E-state index in [0.29, 0.717) is 9.79 Å². The zero-order valence-corrected chi connectivity index (χ0v) is 17.1. The topological polar surface area (TPSA) is 34.1 Å². The van der Waals surface area contributed by atoms with Crippen LogP contribution in [0.2, 0.25) is 0 Å². The van der Waals surface area contributed by atoms with Gasteiger partial charge < -0.3 is 0 Å². The first-order chi connectivity index (χ1) is 11.8. The summed E-state index contributed by atoms with van der Waals surface area (Å²) in [6.07, 6.45) is 0. The first kappa shape index (κ1) is 18.2. The number of aryl methyl sites for hydroxylation is 2. The van der Waals surface area contributed by atoms with E-state index < -0.39 is 9.84 Å². The summed E-state index contributed by atoms with van der Waals surface area (Å²) in [7, 11) is -3.54. The zero-order chi connectivity index (χ0) is 18.0. The Morgan fingerprint density at radius 3 is 1.88 bits per heavy atom. The Kier molecular flexibility index (Phi) is 5.37. The lowest BCUT2D eigenvalue weighted by Crippen LogP contribution is -2.02. The van der Waals surface area contributed by atoms with Gasteiger partial charge in [-0.25, -0.2) is 8.42 Å². The number of hydrogen-bond donors (Lipinski definition) is 0. The second-order valence-corrected chi connectivity index (χ2v) is 9.87. The molecule has 0 atom stereocenters. The van der Waals surface area contributed by atoms with E-state index in [2.05, 4.69) is 15.9 Å². The minimum Gasteiger partial charge on any atom is -0.219 e. The Morgan fingerprint density at radius 1 is 0.720 bits per heavy atom. The molecule has 2 nitrogen and oxygen atoms in total. The van der Waals surface area contributed by atoms with Crippen LogP contribution in [0.4, 0.5) is 0 Å². The number of halogens is 1. The van der Waals surface area contributed by atoms with Crippen molar-refractivity contribution in [3.8, 4) is 0 Å². The smallest absolute Gasteiger partial charge is 0.206 e. The second-order valence-electron chi connectivity index (χ2n) is 5.85. The number of hydrogen-bond acceptors (Lipinski definition) is 3. The van der Waals surface area contributed by atoms with Crippen LogP contribution >= 0.6 is 27.7 Å². The van der Waals surface area contributed by atoms with E-state index in [9.17, 15) is 8.42 Å². The first-order valence-electron chi connectivity index (χ1n) is 7.71. The first-order valence-corrected chi connectivity index (χ1v) is 10.8. The molecule has 0 bridgehead atoms. The third-order valence-corrected chi connectivity index (χ3v) is 6.93. The minimum atomic E-state index is -3.54. The molecule has 0 saturated carbocycles. The fourth-order valence-corrected chi connectivity index (χ4v) is 5.46. The molecule has 3 rings (SSSR count). The van der Waals surface area contributed by atoms with Crippen LogP contribution in [0.25, 0.3) is 0 Å². The monoisotopic (exact) mass is 432 g/mol. The molecule has 25 heavy (non-hydrogen) atoms. The van der Waals surface area contributed by atoms with Crippen molar-refractivity contribution in [2.45, 2.75) is 33.4 Å². The predicted octanol–water partition coefficient (Wildman–Crippen LogP) is 6.05. The van der Waals surface area contributed by atoms with Gasteiger partial charge in [-0.05, 0) is 56.3 Å². The minimum absolute atomic E-state index is 0.292. The summed E-state index contributed by atoms with van der Waals surface area (Å²) < 4.78 is 26.6. The van der Waals surface area contributed by atoms with Crippen molar-refractivity contribution < 1.29 is 8.42 Å². The van der Waals surface area contributed by atoms with E-state index in [1.54, 1.807) is 36.0 Å². The summed E-state index contributed by atoms with van der Waals surface area (Å²) in [5.74, 6) is 0. The summed E-state index contributed by atoms with van der Waals surface area (Å²) in [5, 5.41) is 0. The molecule has 3 aromatic rings. The molecule has 0 aromatic heterocycles. The maximum Gasteiger partial charge on any atom is 0.206 e. The van der Waals surface area contributed by atoms with E-state index in [1.807, 2.05) is 56.3 Å². The molecule has 128 valence electrons. The highest BCUT2D eigenvalue weighted by molar-refractivity contribution is 9.10. The predicted molar refractivity (Wildman–Crippen MR) is 106 cm³/mol. The normalized spacial score (nSPS) is 11.5.